The maximum atomic E-state index is 4.19. The van der Waals surface area contributed by atoms with Crippen molar-refractivity contribution in [1.82, 2.24) is 25.5 Å². The fourth-order valence-electron chi connectivity index (χ4n) is 2.48. The van der Waals surface area contributed by atoms with Crippen LogP contribution in [0.25, 0.3) is 16.5 Å². The highest BCUT2D eigenvalue weighted by molar-refractivity contribution is 5.90. The standard InChI is InChI=1S/C16H19N5/c1-3-11-17-12(2)16-18-19-20-21(16)15-10-6-8-13-7-4-5-9-14(13)15/h4-10,12,17H,3,11H2,1-2H3. The van der Waals surface area contributed by atoms with Crippen molar-refractivity contribution in [3.63, 3.8) is 0 Å². The minimum Gasteiger partial charge on any atom is -0.307 e. The number of rotatable bonds is 5. The zero-order valence-electron chi connectivity index (χ0n) is 12.3. The van der Waals surface area contributed by atoms with Crippen LogP contribution in [-0.4, -0.2) is 26.8 Å². The molecule has 0 saturated heterocycles. The molecule has 0 aliphatic carbocycles. The van der Waals surface area contributed by atoms with Crippen LogP contribution in [0.2, 0.25) is 0 Å². The van der Waals surface area contributed by atoms with Gasteiger partial charge in [-0.3, -0.25) is 0 Å². The number of tetrazole rings is 1. The summed E-state index contributed by atoms with van der Waals surface area (Å²) >= 11 is 0. The number of fused-ring (bicyclic) bond motifs is 1. The Balaban J connectivity index is 2.06. The molecule has 3 rings (SSSR count). The van der Waals surface area contributed by atoms with Gasteiger partial charge >= 0.3 is 0 Å². The number of hydrogen-bond donors (Lipinski definition) is 1. The summed E-state index contributed by atoms with van der Waals surface area (Å²) in [4.78, 5) is 0. The van der Waals surface area contributed by atoms with Gasteiger partial charge in [-0.2, -0.15) is 4.68 Å². The Morgan fingerprint density at radius 3 is 2.81 bits per heavy atom. The zero-order valence-corrected chi connectivity index (χ0v) is 12.3. The number of benzene rings is 2. The van der Waals surface area contributed by atoms with Crippen molar-refractivity contribution < 1.29 is 0 Å². The maximum absolute atomic E-state index is 4.19. The van der Waals surface area contributed by atoms with Crippen LogP contribution >= 0.6 is 0 Å². The van der Waals surface area contributed by atoms with E-state index in [9.17, 15) is 0 Å². The predicted octanol–water partition coefficient (Wildman–Crippen LogP) is 2.88. The highest BCUT2D eigenvalue weighted by atomic mass is 15.5. The molecule has 1 N–H and O–H groups in total. The highest BCUT2D eigenvalue weighted by Crippen LogP contribution is 2.23. The molecular formula is C16H19N5. The number of nitrogens with one attached hydrogen (secondary N) is 1. The lowest BCUT2D eigenvalue weighted by Gasteiger charge is -2.14. The Hall–Kier alpha value is -2.27. The molecule has 0 saturated carbocycles. The van der Waals surface area contributed by atoms with Gasteiger partial charge in [0, 0.05) is 5.39 Å². The molecule has 0 fully saturated rings. The van der Waals surface area contributed by atoms with Crippen LogP contribution in [-0.2, 0) is 0 Å². The Morgan fingerprint density at radius 1 is 1.14 bits per heavy atom. The van der Waals surface area contributed by atoms with Gasteiger partial charge in [0.2, 0.25) is 0 Å². The molecule has 5 heteroatoms. The van der Waals surface area contributed by atoms with Crippen molar-refractivity contribution in [2.75, 3.05) is 6.54 Å². The first-order valence-corrected chi connectivity index (χ1v) is 7.31. The number of aromatic nitrogens is 4. The molecule has 5 nitrogen and oxygen atoms in total. The van der Waals surface area contributed by atoms with Gasteiger partial charge in [-0.15, -0.1) is 5.10 Å². The Bertz CT molecular complexity index is 729. The van der Waals surface area contributed by atoms with E-state index in [4.69, 9.17) is 0 Å². The third-order valence-corrected chi connectivity index (χ3v) is 3.58. The third-order valence-electron chi connectivity index (χ3n) is 3.58. The van der Waals surface area contributed by atoms with E-state index < -0.39 is 0 Å². The Morgan fingerprint density at radius 2 is 1.95 bits per heavy atom. The molecule has 0 spiro atoms. The number of nitrogens with zero attached hydrogens (tertiary/aromatic N) is 4. The summed E-state index contributed by atoms with van der Waals surface area (Å²) in [6.07, 6.45) is 1.08. The van der Waals surface area contributed by atoms with E-state index >= 15 is 0 Å². The topological polar surface area (TPSA) is 55.6 Å². The third kappa shape index (κ3) is 2.64. The lowest BCUT2D eigenvalue weighted by Crippen LogP contribution is -2.22. The summed E-state index contributed by atoms with van der Waals surface area (Å²) in [5, 5.41) is 18.0. The van der Waals surface area contributed by atoms with Crippen LogP contribution in [0.5, 0.6) is 0 Å². The quantitative estimate of drug-likeness (QED) is 0.781. The van der Waals surface area contributed by atoms with E-state index in [1.807, 2.05) is 22.9 Å². The molecule has 0 aliphatic rings. The second-order valence-electron chi connectivity index (χ2n) is 5.12. The van der Waals surface area contributed by atoms with Crippen molar-refractivity contribution >= 4 is 10.8 Å². The van der Waals surface area contributed by atoms with Crippen LogP contribution < -0.4 is 5.32 Å². The molecule has 1 atom stereocenters. The fraction of sp³-hybridized carbons (Fsp3) is 0.312. The first-order valence-electron chi connectivity index (χ1n) is 7.31. The van der Waals surface area contributed by atoms with Crippen LogP contribution in [0, 0.1) is 0 Å². The van der Waals surface area contributed by atoms with Gasteiger partial charge in [0.1, 0.15) is 0 Å². The normalized spacial score (nSPS) is 12.7. The molecule has 108 valence electrons. The van der Waals surface area contributed by atoms with E-state index in [2.05, 4.69) is 59.0 Å². The van der Waals surface area contributed by atoms with Gasteiger partial charge in [0.15, 0.2) is 5.82 Å². The van der Waals surface area contributed by atoms with E-state index in [0.29, 0.717) is 0 Å². The molecule has 3 aromatic rings. The first kappa shape index (κ1) is 13.7. The second kappa shape index (κ2) is 6.01. The van der Waals surface area contributed by atoms with Gasteiger partial charge in [-0.25, -0.2) is 0 Å². The summed E-state index contributed by atoms with van der Waals surface area (Å²) in [5.74, 6) is 0.833. The summed E-state index contributed by atoms with van der Waals surface area (Å²) in [5.41, 5.74) is 1.01. The SMILES string of the molecule is CCCNC(C)c1nnnn1-c1cccc2ccccc12. The second-order valence-corrected chi connectivity index (χ2v) is 5.12. The lowest BCUT2D eigenvalue weighted by molar-refractivity contribution is 0.531. The molecular weight excluding hydrogens is 262 g/mol. The smallest absolute Gasteiger partial charge is 0.173 e. The van der Waals surface area contributed by atoms with Crippen molar-refractivity contribution in [2.24, 2.45) is 0 Å². The molecule has 1 heterocycles. The molecule has 1 aromatic heterocycles. The maximum Gasteiger partial charge on any atom is 0.173 e. The molecule has 2 aromatic carbocycles. The van der Waals surface area contributed by atoms with Crippen LogP contribution in [0.1, 0.15) is 32.1 Å². The molecule has 0 radical (unpaired) electrons. The van der Waals surface area contributed by atoms with Gasteiger partial charge in [0.05, 0.1) is 11.7 Å². The Labute approximate surface area is 124 Å². The highest BCUT2D eigenvalue weighted by Gasteiger charge is 2.16. The average Bonchev–Trinajstić information content (AvgIpc) is 3.01. The van der Waals surface area contributed by atoms with Crippen molar-refractivity contribution in [1.29, 1.82) is 0 Å². The fourth-order valence-corrected chi connectivity index (χ4v) is 2.48. The minimum absolute atomic E-state index is 0.110. The monoisotopic (exact) mass is 281 g/mol. The van der Waals surface area contributed by atoms with Gasteiger partial charge in [-0.05, 0) is 41.8 Å². The van der Waals surface area contributed by atoms with Crippen LogP contribution in [0.4, 0.5) is 0 Å². The summed E-state index contributed by atoms with van der Waals surface area (Å²) in [6, 6.07) is 14.6. The predicted molar refractivity (Wildman–Crippen MR) is 83.4 cm³/mol. The first-order chi connectivity index (χ1) is 10.3. The molecule has 0 amide bonds. The summed E-state index contributed by atoms with van der Waals surface area (Å²) in [7, 11) is 0. The molecule has 0 bridgehead atoms. The summed E-state index contributed by atoms with van der Waals surface area (Å²) in [6.45, 7) is 5.18. The van der Waals surface area contributed by atoms with Gasteiger partial charge < -0.3 is 5.32 Å². The van der Waals surface area contributed by atoms with Crippen molar-refractivity contribution in [2.45, 2.75) is 26.3 Å². The molecule has 21 heavy (non-hydrogen) atoms. The molecule has 1 unspecified atom stereocenters. The van der Waals surface area contributed by atoms with Crippen LogP contribution in [0.15, 0.2) is 42.5 Å². The van der Waals surface area contributed by atoms with E-state index in [1.165, 1.54) is 5.39 Å². The van der Waals surface area contributed by atoms with Gasteiger partial charge in [0.25, 0.3) is 0 Å². The lowest BCUT2D eigenvalue weighted by atomic mass is 10.1. The van der Waals surface area contributed by atoms with Crippen LogP contribution in [0.3, 0.4) is 0 Å². The number of hydrogen-bond acceptors (Lipinski definition) is 4. The average molecular weight is 281 g/mol. The van der Waals surface area contributed by atoms with Gasteiger partial charge in [-0.1, -0.05) is 43.3 Å². The molecule has 0 aliphatic heterocycles. The zero-order chi connectivity index (χ0) is 14.7. The largest absolute Gasteiger partial charge is 0.307 e. The van der Waals surface area contributed by atoms with E-state index in [0.717, 1.165) is 29.9 Å². The Kier molecular flexibility index (Phi) is 3.92. The van der Waals surface area contributed by atoms with Crippen molar-refractivity contribution in [3.05, 3.63) is 48.3 Å². The van der Waals surface area contributed by atoms with E-state index in [-0.39, 0.29) is 6.04 Å². The minimum atomic E-state index is 0.110. The van der Waals surface area contributed by atoms with Crippen molar-refractivity contribution in [3.8, 4) is 5.69 Å². The summed E-state index contributed by atoms with van der Waals surface area (Å²) < 4.78 is 1.83. The van der Waals surface area contributed by atoms with E-state index in [1.54, 1.807) is 0 Å².